The van der Waals surface area contributed by atoms with Crippen molar-refractivity contribution >= 4 is 21.9 Å². The van der Waals surface area contributed by atoms with Crippen LogP contribution in [0.1, 0.15) is 19.4 Å². The van der Waals surface area contributed by atoms with Gasteiger partial charge in [-0.2, -0.15) is 0 Å². The van der Waals surface area contributed by atoms with Crippen molar-refractivity contribution in [1.82, 2.24) is 5.32 Å². The fraction of sp³-hybridized carbons (Fsp3) is 0.533. The Hall–Kier alpha value is -0.910. The number of halogens is 1. The van der Waals surface area contributed by atoms with Crippen LogP contribution in [-0.2, 0) is 20.7 Å². The average molecular weight is 344 g/mol. The van der Waals surface area contributed by atoms with Crippen molar-refractivity contribution < 1.29 is 14.3 Å². The number of methoxy groups -OCH3 is 1. The largest absolute Gasteiger partial charge is 0.465 e. The van der Waals surface area contributed by atoms with E-state index in [4.69, 9.17) is 9.47 Å². The van der Waals surface area contributed by atoms with Crippen molar-refractivity contribution in [2.75, 3.05) is 26.9 Å². The van der Waals surface area contributed by atoms with Gasteiger partial charge in [0.1, 0.15) is 5.54 Å². The minimum Gasteiger partial charge on any atom is -0.465 e. The van der Waals surface area contributed by atoms with E-state index in [1.54, 1.807) is 7.11 Å². The zero-order valence-corrected chi connectivity index (χ0v) is 13.8. The fourth-order valence-corrected chi connectivity index (χ4v) is 2.20. The lowest BCUT2D eigenvalue weighted by atomic mass is 9.92. The van der Waals surface area contributed by atoms with Crippen LogP contribution < -0.4 is 5.32 Å². The molecule has 1 atom stereocenters. The first kappa shape index (κ1) is 17.1. The minimum absolute atomic E-state index is 0.237. The van der Waals surface area contributed by atoms with E-state index in [-0.39, 0.29) is 5.97 Å². The van der Waals surface area contributed by atoms with Gasteiger partial charge in [0, 0.05) is 24.5 Å². The van der Waals surface area contributed by atoms with Crippen LogP contribution in [0.25, 0.3) is 0 Å². The maximum absolute atomic E-state index is 12.2. The number of rotatable bonds is 8. The molecule has 0 bridgehead atoms. The first-order valence-electron chi connectivity index (χ1n) is 6.67. The molecule has 20 heavy (non-hydrogen) atoms. The van der Waals surface area contributed by atoms with Crippen LogP contribution in [0.5, 0.6) is 0 Å². The monoisotopic (exact) mass is 343 g/mol. The number of esters is 1. The molecule has 5 heteroatoms. The first-order chi connectivity index (χ1) is 9.51. The average Bonchev–Trinajstić information content (AvgIpc) is 2.42. The second kappa shape index (κ2) is 8.39. The Bertz CT molecular complexity index is 422. The molecule has 0 aliphatic heterocycles. The highest BCUT2D eigenvalue weighted by Crippen LogP contribution is 2.18. The number of carbonyl (C=O) groups excluding carboxylic acids is 1. The Morgan fingerprint density at radius 1 is 1.35 bits per heavy atom. The number of hydrogen-bond acceptors (Lipinski definition) is 4. The van der Waals surface area contributed by atoms with Crippen LogP contribution >= 0.6 is 15.9 Å². The van der Waals surface area contributed by atoms with Gasteiger partial charge in [0.2, 0.25) is 0 Å². The highest BCUT2D eigenvalue weighted by atomic mass is 79.9. The molecule has 0 saturated heterocycles. The van der Waals surface area contributed by atoms with Crippen LogP contribution in [0, 0.1) is 0 Å². The van der Waals surface area contributed by atoms with Crippen LogP contribution in [0.2, 0.25) is 0 Å². The summed E-state index contributed by atoms with van der Waals surface area (Å²) in [5.41, 5.74) is 0.330. The van der Waals surface area contributed by atoms with E-state index in [2.05, 4.69) is 21.2 Å². The summed E-state index contributed by atoms with van der Waals surface area (Å²) in [6.45, 7) is 5.20. The van der Waals surface area contributed by atoms with Crippen molar-refractivity contribution in [2.24, 2.45) is 0 Å². The standard InChI is InChI=1S/C15H22BrNO3/c1-4-20-14(18)15(2,17-9-10-19-3)11-12-5-7-13(16)8-6-12/h5-8,17H,4,9-11H2,1-3H3. The highest BCUT2D eigenvalue weighted by Gasteiger charge is 2.34. The van der Waals surface area contributed by atoms with E-state index in [9.17, 15) is 4.79 Å². The quantitative estimate of drug-likeness (QED) is 0.582. The number of hydrogen-bond donors (Lipinski definition) is 1. The summed E-state index contributed by atoms with van der Waals surface area (Å²) in [6.07, 6.45) is 0.572. The number of nitrogens with one attached hydrogen (secondary N) is 1. The van der Waals surface area contributed by atoms with Crippen molar-refractivity contribution in [2.45, 2.75) is 25.8 Å². The normalized spacial score (nSPS) is 13.8. The predicted octanol–water partition coefficient (Wildman–Crippen LogP) is 2.55. The van der Waals surface area contributed by atoms with Crippen LogP contribution in [0.3, 0.4) is 0 Å². The molecular formula is C15H22BrNO3. The topological polar surface area (TPSA) is 47.6 Å². The molecule has 0 aromatic heterocycles. The molecule has 1 aromatic rings. The van der Waals surface area contributed by atoms with Gasteiger partial charge in [-0.25, -0.2) is 0 Å². The van der Waals surface area contributed by atoms with Crippen molar-refractivity contribution in [3.05, 3.63) is 34.3 Å². The second-order valence-corrected chi connectivity index (χ2v) is 5.69. The molecule has 0 aliphatic rings. The third kappa shape index (κ3) is 5.23. The highest BCUT2D eigenvalue weighted by molar-refractivity contribution is 9.10. The molecule has 0 radical (unpaired) electrons. The molecule has 1 N–H and O–H groups in total. The van der Waals surface area contributed by atoms with Crippen molar-refractivity contribution in [1.29, 1.82) is 0 Å². The van der Waals surface area contributed by atoms with Crippen LogP contribution in [0.15, 0.2) is 28.7 Å². The molecule has 1 aromatic carbocycles. The van der Waals surface area contributed by atoms with E-state index in [0.717, 1.165) is 10.0 Å². The Kier molecular flexibility index (Phi) is 7.19. The van der Waals surface area contributed by atoms with Gasteiger partial charge in [0.15, 0.2) is 0 Å². The van der Waals surface area contributed by atoms with Gasteiger partial charge in [-0.3, -0.25) is 10.1 Å². The molecule has 1 unspecified atom stereocenters. The molecule has 0 saturated carbocycles. The van der Waals surface area contributed by atoms with Gasteiger partial charge >= 0.3 is 5.97 Å². The third-order valence-electron chi connectivity index (χ3n) is 3.02. The Labute approximate surface area is 129 Å². The van der Waals surface area contributed by atoms with Gasteiger partial charge in [-0.1, -0.05) is 28.1 Å². The lowest BCUT2D eigenvalue weighted by molar-refractivity contribution is -0.150. The van der Waals surface area contributed by atoms with Crippen molar-refractivity contribution in [3.8, 4) is 0 Å². The predicted molar refractivity (Wildman–Crippen MR) is 82.8 cm³/mol. The maximum atomic E-state index is 12.2. The zero-order valence-electron chi connectivity index (χ0n) is 12.2. The van der Waals surface area contributed by atoms with E-state index in [1.807, 2.05) is 38.1 Å². The summed E-state index contributed by atoms with van der Waals surface area (Å²) in [4.78, 5) is 12.2. The SMILES string of the molecule is CCOC(=O)C(C)(Cc1ccc(Br)cc1)NCCOC. The van der Waals surface area contributed by atoms with Gasteiger partial charge in [0.05, 0.1) is 13.2 Å². The minimum atomic E-state index is -0.748. The summed E-state index contributed by atoms with van der Waals surface area (Å²) < 4.78 is 11.2. The van der Waals surface area contributed by atoms with Crippen molar-refractivity contribution in [3.63, 3.8) is 0 Å². The Morgan fingerprint density at radius 3 is 2.55 bits per heavy atom. The molecule has 112 valence electrons. The van der Waals surface area contributed by atoms with Gasteiger partial charge in [-0.15, -0.1) is 0 Å². The molecule has 0 fully saturated rings. The lowest BCUT2D eigenvalue weighted by Crippen LogP contribution is -2.53. The first-order valence-corrected chi connectivity index (χ1v) is 7.46. The third-order valence-corrected chi connectivity index (χ3v) is 3.55. The number of ether oxygens (including phenoxy) is 2. The van der Waals surface area contributed by atoms with Gasteiger partial charge < -0.3 is 9.47 Å². The summed E-state index contributed by atoms with van der Waals surface area (Å²) in [5.74, 6) is -0.237. The zero-order chi connectivity index (χ0) is 15.0. The number of carbonyl (C=O) groups is 1. The summed E-state index contributed by atoms with van der Waals surface area (Å²) >= 11 is 3.41. The summed E-state index contributed by atoms with van der Waals surface area (Å²) in [7, 11) is 1.64. The second-order valence-electron chi connectivity index (χ2n) is 4.78. The maximum Gasteiger partial charge on any atom is 0.326 e. The fourth-order valence-electron chi connectivity index (χ4n) is 1.94. The molecule has 0 heterocycles. The van der Waals surface area contributed by atoms with E-state index >= 15 is 0 Å². The molecule has 0 amide bonds. The van der Waals surface area contributed by atoms with E-state index < -0.39 is 5.54 Å². The molecule has 1 rings (SSSR count). The molecule has 4 nitrogen and oxygen atoms in total. The van der Waals surface area contributed by atoms with E-state index in [1.165, 1.54) is 0 Å². The number of benzene rings is 1. The summed E-state index contributed by atoms with van der Waals surface area (Å²) in [5, 5.41) is 3.23. The van der Waals surface area contributed by atoms with Gasteiger partial charge in [0.25, 0.3) is 0 Å². The Morgan fingerprint density at radius 2 is 2.00 bits per heavy atom. The lowest BCUT2D eigenvalue weighted by Gasteiger charge is -2.28. The van der Waals surface area contributed by atoms with Crippen LogP contribution in [-0.4, -0.2) is 38.4 Å². The summed E-state index contributed by atoms with van der Waals surface area (Å²) in [6, 6.07) is 7.94. The van der Waals surface area contributed by atoms with Crippen LogP contribution in [0.4, 0.5) is 0 Å². The van der Waals surface area contributed by atoms with E-state index in [0.29, 0.717) is 26.2 Å². The van der Waals surface area contributed by atoms with Gasteiger partial charge in [-0.05, 0) is 31.5 Å². The molecular weight excluding hydrogens is 322 g/mol. The Balaban J connectivity index is 2.80. The smallest absolute Gasteiger partial charge is 0.326 e. The molecule has 0 spiro atoms. The molecule has 0 aliphatic carbocycles.